The molecule has 1 atom stereocenters. The Balaban J connectivity index is 1.39. The first-order valence-electron chi connectivity index (χ1n) is 13.0. The van der Waals surface area contributed by atoms with Crippen molar-refractivity contribution in [2.45, 2.75) is 71.8 Å². The lowest BCUT2D eigenvalue weighted by molar-refractivity contribution is -0.119. The fourth-order valence-corrected chi connectivity index (χ4v) is 5.27. The molecule has 0 radical (unpaired) electrons. The van der Waals surface area contributed by atoms with Crippen molar-refractivity contribution in [2.24, 2.45) is 17.8 Å². The molecule has 9 nitrogen and oxygen atoms in total. The number of aromatic amines is 1. The fraction of sp³-hybridized carbons (Fsp3) is 0.519. The van der Waals surface area contributed by atoms with Gasteiger partial charge in [0.05, 0.1) is 11.4 Å². The van der Waals surface area contributed by atoms with Gasteiger partial charge in [-0.2, -0.15) is 9.49 Å². The van der Waals surface area contributed by atoms with E-state index in [1.165, 1.54) is 6.26 Å². The van der Waals surface area contributed by atoms with Gasteiger partial charge >= 0.3 is 0 Å². The average molecular weight is 509 g/mol. The summed E-state index contributed by atoms with van der Waals surface area (Å²) in [6, 6.07) is 2.42. The summed E-state index contributed by atoms with van der Waals surface area (Å²) in [5, 5.41) is 16.8. The van der Waals surface area contributed by atoms with Gasteiger partial charge in [-0.25, -0.2) is 4.98 Å². The van der Waals surface area contributed by atoms with Crippen LogP contribution in [0.2, 0.25) is 0 Å². The average Bonchev–Trinajstić information content (AvgIpc) is 3.79. The van der Waals surface area contributed by atoms with Crippen molar-refractivity contribution in [1.29, 1.82) is 0 Å². The second kappa shape index (κ2) is 10.1. The summed E-state index contributed by atoms with van der Waals surface area (Å²) in [5.74, 6) is -0.587. The van der Waals surface area contributed by atoms with Gasteiger partial charge in [-0.1, -0.05) is 25.9 Å². The van der Waals surface area contributed by atoms with Crippen LogP contribution in [0.15, 0.2) is 22.9 Å². The monoisotopic (exact) mass is 508 g/mol. The largest absolute Gasteiger partial charge is 0.364 e. The highest BCUT2D eigenvalue weighted by molar-refractivity contribution is 6.01. The zero-order valence-electron chi connectivity index (χ0n) is 21.6. The molecule has 2 fully saturated rings. The minimum absolute atomic E-state index is 0.00721. The Bertz CT molecular complexity index is 1300. The first-order valence-corrected chi connectivity index (χ1v) is 13.0. The summed E-state index contributed by atoms with van der Waals surface area (Å²) in [4.78, 5) is 30.9. The Kier molecular flexibility index (Phi) is 6.83. The number of carbonyl (C=O) groups is 2. The summed E-state index contributed by atoms with van der Waals surface area (Å²) in [6.07, 6.45) is 6.12. The Labute approximate surface area is 215 Å². The van der Waals surface area contributed by atoms with Crippen LogP contribution in [0.4, 0.5) is 10.2 Å². The number of amides is 2. The second-order valence-electron chi connectivity index (χ2n) is 10.5. The van der Waals surface area contributed by atoms with E-state index in [0.29, 0.717) is 40.6 Å². The lowest BCUT2D eigenvalue weighted by Crippen LogP contribution is -2.50. The van der Waals surface area contributed by atoms with E-state index in [-0.39, 0.29) is 17.7 Å². The van der Waals surface area contributed by atoms with Crippen molar-refractivity contribution in [3.63, 3.8) is 0 Å². The molecule has 2 aliphatic rings. The summed E-state index contributed by atoms with van der Waals surface area (Å²) in [7, 11) is 0. The SMILES string of the molecule is CCc1n[nH]c(C)c1-c1ccc(NC(=O)[C@@H](NC(=O)c2conc2C(C)C)C(C2CC2)C2CC2)nc1F. The molecule has 10 heteroatoms. The van der Waals surface area contributed by atoms with E-state index < -0.39 is 23.8 Å². The fourth-order valence-electron chi connectivity index (χ4n) is 5.27. The highest BCUT2D eigenvalue weighted by Crippen LogP contribution is 2.51. The Morgan fingerprint density at radius 3 is 2.49 bits per heavy atom. The number of aryl methyl sites for hydroxylation is 2. The minimum Gasteiger partial charge on any atom is -0.364 e. The van der Waals surface area contributed by atoms with Gasteiger partial charge in [0.15, 0.2) is 0 Å². The van der Waals surface area contributed by atoms with E-state index in [4.69, 9.17) is 4.52 Å². The molecule has 0 spiro atoms. The van der Waals surface area contributed by atoms with Gasteiger partial charge in [-0.15, -0.1) is 0 Å². The third-order valence-electron chi connectivity index (χ3n) is 7.40. The molecular formula is C27H33FN6O3. The van der Waals surface area contributed by atoms with Gasteiger partial charge in [-0.05, 0) is 74.8 Å². The van der Waals surface area contributed by atoms with Crippen LogP contribution in [0.5, 0.6) is 0 Å². The molecule has 3 N–H and O–H groups in total. The topological polar surface area (TPSA) is 126 Å². The number of aromatic nitrogens is 4. The van der Waals surface area contributed by atoms with Crippen LogP contribution >= 0.6 is 0 Å². The Hall–Kier alpha value is -3.56. The number of anilines is 1. The van der Waals surface area contributed by atoms with Gasteiger partial charge in [-0.3, -0.25) is 14.7 Å². The number of nitrogens with one attached hydrogen (secondary N) is 3. The Morgan fingerprint density at radius 1 is 1.19 bits per heavy atom. The number of pyridine rings is 1. The molecule has 2 saturated carbocycles. The predicted molar refractivity (Wildman–Crippen MR) is 135 cm³/mol. The van der Waals surface area contributed by atoms with Crippen LogP contribution in [-0.4, -0.2) is 38.2 Å². The van der Waals surface area contributed by atoms with Gasteiger partial charge < -0.3 is 15.2 Å². The van der Waals surface area contributed by atoms with Crippen molar-refractivity contribution >= 4 is 17.6 Å². The number of halogens is 1. The molecule has 2 amide bonds. The van der Waals surface area contributed by atoms with Gasteiger partial charge in [0.25, 0.3) is 5.91 Å². The number of carbonyl (C=O) groups excluding carboxylic acids is 2. The molecule has 0 aromatic carbocycles. The molecular weight excluding hydrogens is 475 g/mol. The second-order valence-corrected chi connectivity index (χ2v) is 10.5. The quantitative estimate of drug-likeness (QED) is 0.339. The molecule has 0 bridgehead atoms. The molecule has 0 saturated heterocycles. The normalized spacial score (nSPS) is 16.3. The number of hydrogen-bond donors (Lipinski definition) is 3. The zero-order valence-corrected chi connectivity index (χ0v) is 21.6. The molecule has 3 aromatic rings. The molecule has 5 rings (SSSR count). The van der Waals surface area contributed by atoms with Crippen molar-refractivity contribution in [3.05, 3.63) is 47.0 Å². The lowest BCUT2D eigenvalue weighted by atomic mass is 9.88. The molecule has 2 aliphatic carbocycles. The van der Waals surface area contributed by atoms with Crippen LogP contribution in [-0.2, 0) is 11.2 Å². The van der Waals surface area contributed by atoms with E-state index in [1.54, 1.807) is 12.1 Å². The lowest BCUT2D eigenvalue weighted by Gasteiger charge is -2.27. The minimum atomic E-state index is -0.769. The van der Waals surface area contributed by atoms with Gasteiger partial charge in [0.2, 0.25) is 11.9 Å². The van der Waals surface area contributed by atoms with E-state index in [0.717, 1.165) is 37.1 Å². The number of hydrogen-bond acceptors (Lipinski definition) is 6. The summed E-state index contributed by atoms with van der Waals surface area (Å²) >= 11 is 0. The first-order chi connectivity index (χ1) is 17.8. The number of nitrogens with zero attached hydrogens (tertiary/aromatic N) is 3. The number of rotatable bonds is 10. The third-order valence-corrected chi connectivity index (χ3v) is 7.40. The smallest absolute Gasteiger partial charge is 0.257 e. The van der Waals surface area contributed by atoms with E-state index in [9.17, 15) is 9.59 Å². The molecule has 0 aliphatic heterocycles. The van der Waals surface area contributed by atoms with Crippen molar-refractivity contribution < 1.29 is 18.5 Å². The van der Waals surface area contributed by atoms with E-state index >= 15 is 4.39 Å². The number of H-pyrrole nitrogens is 1. The summed E-state index contributed by atoms with van der Waals surface area (Å²) in [6.45, 7) is 7.64. The molecule has 3 heterocycles. The van der Waals surface area contributed by atoms with Crippen molar-refractivity contribution in [1.82, 2.24) is 25.7 Å². The van der Waals surface area contributed by atoms with Crippen LogP contribution in [0.3, 0.4) is 0 Å². The molecule has 3 aromatic heterocycles. The van der Waals surface area contributed by atoms with E-state index in [1.807, 2.05) is 27.7 Å². The van der Waals surface area contributed by atoms with Crippen LogP contribution < -0.4 is 10.6 Å². The van der Waals surface area contributed by atoms with Crippen molar-refractivity contribution in [3.8, 4) is 11.1 Å². The van der Waals surface area contributed by atoms with Gasteiger partial charge in [0.1, 0.15) is 23.7 Å². The molecule has 37 heavy (non-hydrogen) atoms. The Morgan fingerprint density at radius 2 is 1.89 bits per heavy atom. The van der Waals surface area contributed by atoms with E-state index in [2.05, 4.69) is 31.0 Å². The van der Waals surface area contributed by atoms with Gasteiger partial charge in [0, 0.05) is 16.8 Å². The molecule has 0 unspecified atom stereocenters. The highest BCUT2D eigenvalue weighted by Gasteiger charge is 2.48. The zero-order chi connectivity index (χ0) is 26.3. The molecule has 196 valence electrons. The first kappa shape index (κ1) is 25.1. The maximum absolute atomic E-state index is 15.1. The summed E-state index contributed by atoms with van der Waals surface area (Å²) in [5.41, 5.74) is 3.40. The standard InChI is InChI=1S/C27H33FN6O3/c1-5-19-21(14(4)32-33-19)17-10-11-20(29-25(17)28)30-27(36)24(22(15-6-7-15)16-8-9-16)31-26(35)18-12-37-34-23(18)13(2)3/h10-13,15-16,22,24H,5-9H2,1-4H3,(H,31,35)(H,32,33)(H,29,30,36)/t24-/m0/s1. The maximum atomic E-state index is 15.1. The van der Waals surface area contributed by atoms with Crippen LogP contribution in [0.1, 0.15) is 79.8 Å². The van der Waals surface area contributed by atoms with Crippen LogP contribution in [0, 0.1) is 30.6 Å². The predicted octanol–water partition coefficient (Wildman–Crippen LogP) is 4.77. The van der Waals surface area contributed by atoms with Crippen molar-refractivity contribution in [2.75, 3.05) is 5.32 Å². The van der Waals surface area contributed by atoms with Crippen LogP contribution in [0.25, 0.3) is 11.1 Å². The summed E-state index contributed by atoms with van der Waals surface area (Å²) < 4.78 is 20.2. The third kappa shape index (κ3) is 5.14. The highest BCUT2D eigenvalue weighted by atomic mass is 19.1. The maximum Gasteiger partial charge on any atom is 0.257 e.